The van der Waals surface area contributed by atoms with Crippen molar-refractivity contribution < 1.29 is 26.4 Å². The molecule has 0 aromatic heterocycles. The molecule has 1 saturated carbocycles. The molecule has 0 heterocycles. The van der Waals surface area contributed by atoms with Crippen LogP contribution in [0.2, 0.25) is 0 Å². The maximum absolute atomic E-state index is 13.0. The molecule has 1 N–H and O–H groups in total. The van der Waals surface area contributed by atoms with Gasteiger partial charge in [0.25, 0.3) is 0 Å². The second-order valence-electron chi connectivity index (χ2n) is 7.90. The average molecular weight is 420 g/mol. The van der Waals surface area contributed by atoms with E-state index in [0.717, 1.165) is 25.0 Å². The molecule has 4 nitrogen and oxygen atoms in total. The Balaban J connectivity index is 2.06. The molecular weight excluding hydrogens is 391 g/mol. The van der Waals surface area contributed by atoms with Crippen LogP contribution in [0, 0.1) is 5.92 Å². The van der Waals surface area contributed by atoms with Gasteiger partial charge in [-0.2, -0.15) is 13.2 Å². The van der Waals surface area contributed by atoms with Crippen molar-refractivity contribution >= 4 is 15.7 Å². The van der Waals surface area contributed by atoms with Crippen LogP contribution in [0.4, 0.5) is 13.2 Å². The molecule has 1 unspecified atom stereocenters. The Morgan fingerprint density at radius 1 is 1.21 bits per heavy atom. The summed E-state index contributed by atoms with van der Waals surface area (Å²) in [5.41, 5.74) is -0.396. The molecule has 1 aromatic carbocycles. The summed E-state index contributed by atoms with van der Waals surface area (Å²) in [6.07, 6.45) is -1.11. The van der Waals surface area contributed by atoms with E-state index >= 15 is 0 Å². The third-order valence-electron chi connectivity index (χ3n) is 5.08. The van der Waals surface area contributed by atoms with Gasteiger partial charge in [-0.15, -0.1) is 0 Å². The lowest BCUT2D eigenvalue weighted by atomic mass is 9.95. The first kappa shape index (κ1) is 22.7. The summed E-state index contributed by atoms with van der Waals surface area (Å²) in [6.45, 7) is 3.83. The molecule has 1 aromatic rings. The van der Waals surface area contributed by atoms with Gasteiger partial charge in [0, 0.05) is 6.42 Å². The molecule has 1 atom stereocenters. The van der Waals surface area contributed by atoms with Crippen LogP contribution in [0.3, 0.4) is 0 Å². The second-order valence-corrected chi connectivity index (χ2v) is 10.3. The number of rotatable bonds is 8. The molecule has 1 fully saturated rings. The van der Waals surface area contributed by atoms with Gasteiger partial charge in [0.05, 0.1) is 22.6 Å². The number of halogens is 3. The minimum absolute atomic E-state index is 0.141. The molecule has 0 saturated heterocycles. The Bertz CT molecular complexity index is 769. The van der Waals surface area contributed by atoms with E-state index < -0.39 is 33.5 Å². The first-order chi connectivity index (χ1) is 13.0. The van der Waals surface area contributed by atoms with Crippen LogP contribution >= 0.6 is 0 Å². The summed E-state index contributed by atoms with van der Waals surface area (Å²) in [6, 6.07) is 4.32. The maximum atomic E-state index is 13.0. The topological polar surface area (TPSA) is 63.2 Å². The predicted octanol–water partition coefficient (Wildman–Crippen LogP) is 4.66. The quantitative estimate of drug-likeness (QED) is 0.667. The zero-order chi connectivity index (χ0) is 20.9. The van der Waals surface area contributed by atoms with E-state index in [1.54, 1.807) is 6.07 Å². The number of hydrogen-bond donors (Lipinski definition) is 1. The molecule has 158 valence electrons. The van der Waals surface area contributed by atoms with E-state index in [1.165, 1.54) is 6.07 Å². The van der Waals surface area contributed by atoms with Gasteiger partial charge < -0.3 is 5.32 Å². The Labute approximate surface area is 164 Å². The Morgan fingerprint density at radius 2 is 1.86 bits per heavy atom. The molecule has 1 aliphatic carbocycles. The van der Waals surface area contributed by atoms with E-state index in [1.807, 2.05) is 13.8 Å². The normalized spacial score (nSPS) is 17.1. The summed E-state index contributed by atoms with van der Waals surface area (Å²) in [4.78, 5) is 12.4. The van der Waals surface area contributed by atoms with Crippen LogP contribution < -0.4 is 5.32 Å². The van der Waals surface area contributed by atoms with Crippen molar-refractivity contribution in [3.63, 3.8) is 0 Å². The van der Waals surface area contributed by atoms with Gasteiger partial charge in [0.2, 0.25) is 5.91 Å². The molecule has 8 heteroatoms. The third kappa shape index (κ3) is 6.50. The first-order valence-electron chi connectivity index (χ1n) is 9.67. The summed E-state index contributed by atoms with van der Waals surface area (Å²) in [5, 5.41) is 2.37. The lowest BCUT2D eigenvalue weighted by molar-refractivity contribution is -0.137. The van der Waals surface area contributed by atoms with E-state index in [9.17, 15) is 26.4 Å². The van der Waals surface area contributed by atoms with Gasteiger partial charge in [-0.25, -0.2) is 8.42 Å². The van der Waals surface area contributed by atoms with Crippen molar-refractivity contribution in [3.8, 4) is 0 Å². The van der Waals surface area contributed by atoms with Crippen molar-refractivity contribution in [1.82, 2.24) is 5.32 Å². The van der Waals surface area contributed by atoms with E-state index in [-0.39, 0.29) is 23.3 Å². The number of benzene rings is 1. The minimum Gasteiger partial charge on any atom is -0.349 e. The monoisotopic (exact) mass is 419 g/mol. The molecule has 0 radical (unpaired) electrons. The van der Waals surface area contributed by atoms with E-state index in [2.05, 4.69) is 5.32 Å². The third-order valence-corrected chi connectivity index (χ3v) is 7.34. The van der Waals surface area contributed by atoms with Crippen LogP contribution in [-0.4, -0.2) is 25.3 Å². The van der Waals surface area contributed by atoms with Crippen molar-refractivity contribution in [2.45, 2.75) is 69.8 Å². The summed E-state index contributed by atoms with van der Waals surface area (Å²) in [5.74, 6) is -0.535. The average Bonchev–Trinajstić information content (AvgIpc) is 3.14. The van der Waals surface area contributed by atoms with Gasteiger partial charge in [-0.05, 0) is 42.9 Å². The van der Waals surface area contributed by atoms with E-state index in [0.29, 0.717) is 24.8 Å². The highest BCUT2D eigenvalue weighted by Crippen LogP contribution is 2.32. The zero-order valence-electron chi connectivity index (χ0n) is 16.3. The molecule has 1 aliphatic rings. The summed E-state index contributed by atoms with van der Waals surface area (Å²) < 4.78 is 63.6. The van der Waals surface area contributed by atoms with E-state index in [4.69, 9.17) is 0 Å². The van der Waals surface area contributed by atoms with Crippen LogP contribution in [-0.2, 0) is 20.8 Å². The highest BCUT2D eigenvalue weighted by atomic mass is 32.2. The number of nitrogens with one attached hydrogen (secondary N) is 1. The smallest absolute Gasteiger partial charge is 0.349 e. The fourth-order valence-electron chi connectivity index (χ4n) is 3.60. The number of sulfone groups is 1. The van der Waals surface area contributed by atoms with Gasteiger partial charge >= 0.3 is 6.18 Å². The summed E-state index contributed by atoms with van der Waals surface area (Å²) >= 11 is 0. The highest BCUT2D eigenvalue weighted by Gasteiger charge is 2.32. The molecule has 0 aliphatic heterocycles. The summed E-state index contributed by atoms with van der Waals surface area (Å²) in [7, 11) is -3.31. The number of amides is 1. The van der Waals surface area contributed by atoms with Crippen LogP contribution in [0.5, 0.6) is 0 Å². The molecule has 2 rings (SSSR count). The lowest BCUT2D eigenvalue weighted by Crippen LogP contribution is -2.32. The first-order valence-corrected chi connectivity index (χ1v) is 11.4. The van der Waals surface area contributed by atoms with Crippen molar-refractivity contribution in [2.75, 3.05) is 5.75 Å². The molecule has 28 heavy (non-hydrogen) atoms. The largest absolute Gasteiger partial charge is 0.416 e. The van der Waals surface area contributed by atoms with Gasteiger partial charge in [-0.1, -0.05) is 38.8 Å². The molecule has 0 bridgehead atoms. The van der Waals surface area contributed by atoms with Crippen LogP contribution in [0.1, 0.15) is 69.5 Å². The number of carbonyl (C=O) groups is 1. The van der Waals surface area contributed by atoms with Crippen molar-refractivity contribution in [1.29, 1.82) is 0 Å². The predicted molar refractivity (Wildman–Crippen MR) is 102 cm³/mol. The zero-order valence-corrected chi connectivity index (χ0v) is 17.1. The van der Waals surface area contributed by atoms with Crippen molar-refractivity contribution in [3.05, 3.63) is 35.4 Å². The van der Waals surface area contributed by atoms with Gasteiger partial charge in [0.1, 0.15) is 0 Å². The van der Waals surface area contributed by atoms with Crippen LogP contribution in [0.25, 0.3) is 0 Å². The fourth-order valence-corrected chi connectivity index (χ4v) is 5.45. The van der Waals surface area contributed by atoms with Gasteiger partial charge in [0.15, 0.2) is 9.84 Å². The van der Waals surface area contributed by atoms with Crippen LogP contribution in [0.15, 0.2) is 24.3 Å². The highest BCUT2D eigenvalue weighted by molar-refractivity contribution is 7.92. The Hall–Kier alpha value is -1.57. The second kappa shape index (κ2) is 9.29. The maximum Gasteiger partial charge on any atom is 0.416 e. The SMILES string of the molecule is CC(C)CC(NC(=O)CCS(=O)(=O)C1CCCC1)c1cccc(C(F)(F)F)c1. The lowest BCUT2D eigenvalue weighted by Gasteiger charge is -2.22. The minimum atomic E-state index is -4.46. The Morgan fingerprint density at radius 3 is 2.43 bits per heavy atom. The Kier molecular flexibility index (Phi) is 7.53. The number of carbonyl (C=O) groups excluding carboxylic acids is 1. The standard InChI is InChI=1S/C20H28F3NO3S/c1-14(2)12-18(15-6-5-7-16(13-15)20(21,22)23)24-19(25)10-11-28(26,27)17-8-3-4-9-17/h5-7,13-14,17-18H,3-4,8-12H2,1-2H3,(H,24,25). The molecule has 0 spiro atoms. The van der Waals surface area contributed by atoms with Crippen molar-refractivity contribution in [2.24, 2.45) is 5.92 Å². The number of hydrogen-bond acceptors (Lipinski definition) is 3. The fraction of sp³-hybridized carbons (Fsp3) is 0.650. The van der Waals surface area contributed by atoms with Gasteiger partial charge in [-0.3, -0.25) is 4.79 Å². The molecular formula is C20H28F3NO3S. The number of alkyl halides is 3. The molecule has 1 amide bonds.